The average Bonchev–Trinajstić information content (AvgIpc) is 3.01. The molecule has 0 aliphatic carbocycles. The summed E-state index contributed by atoms with van der Waals surface area (Å²) in [5.74, 6) is 2.09. The Kier molecular flexibility index (Phi) is 3.86. The van der Waals surface area contributed by atoms with E-state index in [0.29, 0.717) is 36.7 Å². The minimum atomic E-state index is -0.179. The van der Waals surface area contributed by atoms with Crippen LogP contribution in [0.3, 0.4) is 0 Å². The van der Waals surface area contributed by atoms with Gasteiger partial charge in [0.25, 0.3) is 0 Å². The predicted molar refractivity (Wildman–Crippen MR) is 79.2 cm³/mol. The largest absolute Gasteiger partial charge is 0.497 e. The number of amides is 2. The van der Waals surface area contributed by atoms with E-state index in [2.05, 4.69) is 10.5 Å². The molecule has 0 spiro atoms. The van der Waals surface area contributed by atoms with Crippen molar-refractivity contribution in [1.29, 1.82) is 0 Å². The number of anilines is 1. The van der Waals surface area contributed by atoms with Crippen molar-refractivity contribution in [3.63, 3.8) is 0 Å². The number of methoxy groups -OCH3 is 2. The second kappa shape index (κ2) is 5.97. The molecule has 7 nitrogen and oxygen atoms in total. The van der Waals surface area contributed by atoms with Gasteiger partial charge in [-0.1, -0.05) is 5.16 Å². The highest BCUT2D eigenvalue weighted by molar-refractivity contribution is 5.90. The van der Waals surface area contributed by atoms with Gasteiger partial charge in [0.05, 0.1) is 27.0 Å². The van der Waals surface area contributed by atoms with Crippen LogP contribution in [0.4, 0.5) is 10.5 Å². The van der Waals surface area contributed by atoms with Crippen molar-refractivity contribution in [3.05, 3.63) is 35.7 Å². The number of carbonyl (C=O) groups excluding carboxylic acids is 1. The summed E-state index contributed by atoms with van der Waals surface area (Å²) in [4.78, 5) is 14.1. The van der Waals surface area contributed by atoms with Crippen LogP contribution in [0.2, 0.25) is 0 Å². The molecule has 0 fully saturated rings. The van der Waals surface area contributed by atoms with Crippen LogP contribution in [0.1, 0.15) is 11.3 Å². The molecule has 22 heavy (non-hydrogen) atoms. The second-order valence-electron chi connectivity index (χ2n) is 4.98. The number of benzene rings is 1. The molecule has 1 aliphatic rings. The lowest BCUT2D eigenvalue weighted by molar-refractivity contribution is 0.202. The fourth-order valence-electron chi connectivity index (χ4n) is 2.40. The van der Waals surface area contributed by atoms with Crippen LogP contribution >= 0.6 is 0 Å². The number of ether oxygens (including phenoxy) is 2. The summed E-state index contributed by atoms with van der Waals surface area (Å²) in [6.45, 7) is 1.08. The topological polar surface area (TPSA) is 76.8 Å². The van der Waals surface area contributed by atoms with Gasteiger partial charge in [0.15, 0.2) is 0 Å². The first-order chi connectivity index (χ1) is 10.7. The monoisotopic (exact) mass is 303 g/mol. The maximum absolute atomic E-state index is 12.4. The molecule has 2 heterocycles. The van der Waals surface area contributed by atoms with Crippen LogP contribution in [-0.2, 0) is 13.0 Å². The number of nitrogens with one attached hydrogen (secondary N) is 1. The minimum Gasteiger partial charge on any atom is -0.497 e. The van der Waals surface area contributed by atoms with Crippen LogP contribution in [-0.4, -0.2) is 36.9 Å². The Bertz CT molecular complexity index is 661. The van der Waals surface area contributed by atoms with Gasteiger partial charge in [-0.15, -0.1) is 0 Å². The summed E-state index contributed by atoms with van der Waals surface area (Å²) >= 11 is 0. The molecule has 2 aromatic rings. The first kappa shape index (κ1) is 14.2. The summed E-state index contributed by atoms with van der Waals surface area (Å²) in [5, 5.41) is 6.62. The Hall–Kier alpha value is -2.70. The highest BCUT2D eigenvalue weighted by Crippen LogP contribution is 2.26. The standard InChI is InChI=1S/C15H17N3O4/c1-20-12-5-11(6-13(7-12)21-2)17-15(19)18-4-3-14-10(9-18)8-16-22-14/h5-8H,3-4,9H2,1-2H3,(H,17,19). The average molecular weight is 303 g/mol. The maximum Gasteiger partial charge on any atom is 0.322 e. The summed E-state index contributed by atoms with van der Waals surface area (Å²) < 4.78 is 15.5. The van der Waals surface area contributed by atoms with E-state index in [9.17, 15) is 4.79 Å². The number of nitrogens with zero attached hydrogens (tertiary/aromatic N) is 2. The van der Waals surface area contributed by atoms with E-state index in [1.54, 1.807) is 43.5 Å². The van der Waals surface area contributed by atoms with Gasteiger partial charge in [0.2, 0.25) is 0 Å². The Balaban J connectivity index is 1.72. The quantitative estimate of drug-likeness (QED) is 0.941. The maximum atomic E-state index is 12.4. The van der Waals surface area contributed by atoms with E-state index in [1.165, 1.54) is 0 Å². The van der Waals surface area contributed by atoms with Crippen LogP contribution in [0.25, 0.3) is 0 Å². The van der Waals surface area contributed by atoms with Crippen molar-refractivity contribution >= 4 is 11.7 Å². The zero-order valence-corrected chi connectivity index (χ0v) is 12.5. The molecule has 1 aromatic heterocycles. The van der Waals surface area contributed by atoms with Crippen molar-refractivity contribution in [1.82, 2.24) is 10.1 Å². The number of urea groups is 1. The highest BCUT2D eigenvalue weighted by Gasteiger charge is 2.23. The zero-order chi connectivity index (χ0) is 15.5. The summed E-state index contributed by atoms with van der Waals surface area (Å²) in [7, 11) is 3.14. The molecule has 7 heteroatoms. The van der Waals surface area contributed by atoms with Crippen molar-refractivity contribution in [2.45, 2.75) is 13.0 Å². The lowest BCUT2D eigenvalue weighted by Gasteiger charge is -2.26. The molecule has 1 aromatic carbocycles. The number of carbonyl (C=O) groups is 1. The molecule has 1 N–H and O–H groups in total. The minimum absolute atomic E-state index is 0.179. The first-order valence-electron chi connectivity index (χ1n) is 6.91. The number of rotatable bonds is 3. The highest BCUT2D eigenvalue weighted by atomic mass is 16.5. The van der Waals surface area contributed by atoms with Gasteiger partial charge < -0.3 is 24.2 Å². The SMILES string of the molecule is COc1cc(NC(=O)N2CCc3oncc3C2)cc(OC)c1. The Morgan fingerprint density at radius 2 is 2.00 bits per heavy atom. The van der Waals surface area contributed by atoms with Crippen molar-refractivity contribution in [3.8, 4) is 11.5 Å². The summed E-state index contributed by atoms with van der Waals surface area (Å²) in [6.07, 6.45) is 2.33. The number of hydrogen-bond acceptors (Lipinski definition) is 5. The predicted octanol–water partition coefficient (Wildman–Crippen LogP) is 2.28. The lowest BCUT2D eigenvalue weighted by Crippen LogP contribution is -2.38. The van der Waals surface area contributed by atoms with E-state index in [-0.39, 0.29) is 6.03 Å². The van der Waals surface area contributed by atoms with Crippen molar-refractivity contribution in [2.24, 2.45) is 0 Å². The normalized spacial score (nSPS) is 13.5. The van der Waals surface area contributed by atoms with Gasteiger partial charge >= 0.3 is 6.03 Å². The molecule has 0 radical (unpaired) electrons. The van der Waals surface area contributed by atoms with Gasteiger partial charge in [0.1, 0.15) is 17.3 Å². The second-order valence-corrected chi connectivity index (χ2v) is 4.98. The zero-order valence-electron chi connectivity index (χ0n) is 12.5. The van der Waals surface area contributed by atoms with Crippen LogP contribution in [0.5, 0.6) is 11.5 Å². The molecule has 3 rings (SSSR count). The van der Waals surface area contributed by atoms with E-state index >= 15 is 0 Å². The van der Waals surface area contributed by atoms with Crippen LogP contribution in [0, 0.1) is 0 Å². The van der Waals surface area contributed by atoms with E-state index in [4.69, 9.17) is 14.0 Å². The molecule has 0 unspecified atom stereocenters. The summed E-state index contributed by atoms with van der Waals surface area (Å²) in [6, 6.07) is 5.06. The number of aromatic nitrogens is 1. The van der Waals surface area contributed by atoms with E-state index < -0.39 is 0 Å². The molecule has 0 bridgehead atoms. The molecule has 0 atom stereocenters. The fraction of sp³-hybridized carbons (Fsp3) is 0.333. The number of hydrogen-bond donors (Lipinski definition) is 1. The Morgan fingerprint density at radius 1 is 1.27 bits per heavy atom. The van der Waals surface area contributed by atoms with Crippen molar-refractivity contribution in [2.75, 3.05) is 26.1 Å². The van der Waals surface area contributed by atoms with Gasteiger partial charge in [-0.2, -0.15) is 0 Å². The van der Waals surface area contributed by atoms with Gasteiger partial charge in [-0.3, -0.25) is 0 Å². The van der Waals surface area contributed by atoms with Crippen molar-refractivity contribution < 1.29 is 18.8 Å². The fourth-order valence-corrected chi connectivity index (χ4v) is 2.40. The third-order valence-electron chi connectivity index (χ3n) is 3.59. The van der Waals surface area contributed by atoms with Crippen LogP contribution < -0.4 is 14.8 Å². The molecular weight excluding hydrogens is 286 g/mol. The van der Waals surface area contributed by atoms with Crippen LogP contribution in [0.15, 0.2) is 28.9 Å². The van der Waals surface area contributed by atoms with E-state index in [0.717, 1.165) is 11.3 Å². The molecule has 1 aliphatic heterocycles. The third kappa shape index (κ3) is 2.83. The summed E-state index contributed by atoms with van der Waals surface area (Å²) in [5.41, 5.74) is 1.57. The smallest absolute Gasteiger partial charge is 0.322 e. The van der Waals surface area contributed by atoms with E-state index in [1.807, 2.05) is 0 Å². The molecule has 0 saturated carbocycles. The third-order valence-corrected chi connectivity index (χ3v) is 3.59. The van der Waals surface area contributed by atoms with Gasteiger partial charge in [-0.05, 0) is 0 Å². The first-order valence-corrected chi connectivity index (χ1v) is 6.91. The van der Waals surface area contributed by atoms with Gasteiger partial charge in [0, 0.05) is 42.4 Å². The van der Waals surface area contributed by atoms with Gasteiger partial charge in [-0.25, -0.2) is 4.79 Å². The Morgan fingerprint density at radius 3 is 2.68 bits per heavy atom. The lowest BCUT2D eigenvalue weighted by atomic mass is 10.1. The molecule has 2 amide bonds. The number of fused-ring (bicyclic) bond motifs is 1. The molecule has 0 saturated heterocycles. The molecular formula is C15H17N3O4. The Labute approximate surface area is 127 Å². The molecule has 116 valence electrons.